The third-order valence-corrected chi connectivity index (χ3v) is 5.50. The van der Waals surface area contributed by atoms with E-state index in [1.807, 2.05) is 36.4 Å². The second-order valence-corrected chi connectivity index (χ2v) is 7.36. The maximum absolute atomic E-state index is 6.17. The molecule has 1 nitrogen and oxygen atoms in total. The molecule has 0 N–H and O–H groups in total. The molecule has 120 valence electrons. The minimum atomic E-state index is 0.749. The second-order valence-electron chi connectivity index (χ2n) is 6.06. The van der Waals surface area contributed by atoms with E-state index in [9.17, 15) is 0 Å². The van der Waals surface area contributed by atoms with E-state index in [1.165, 1.54) is 10.9 Å². The zero-order valence-corrected chi connectivity index (χ0v) is 15.4. The summed E-state index contributed by atoms with van der Waals surface area (Å²) in [5, 5.41) is 5.31. The predicted molar refractivity (Wildman–Crippen MR) is 109 cm³/mol. The molecule has 0 amide bonds. The smallest absolute Gasteiger partial charge is 0.136 e. The van der Waals surface area contributed by atoms with Crippen molar-refractivity contribution in [1.82, 2.24) is 0 Å². The lowest BCUT2D eigenvalue weighted by atomic mass is 9.95. The van der Waals surface area contributed by atoms with Gasteiger partial charge in [0.1, 0.15) is 11.2 Å². The zero-order valence-electron chi connectivity index (χ0n) is 13.1. The van der Waals surface area contributed by atoms with Gasteiger partial charge in [0.2, 0.25) is 0 Å². The Hall–Kier alpha value is -2.29. The van der Waals surface area contributed by atoms with Crippen molar-refractivity contribution in [3.05, 3.63) is 82.3 Å². The van der Waals surface area contributed by atoms with E-state index in [0.717, 1.165) is 42.4 Å². The van der Waals surface area contributed by atoms with E-state index >= 15 is 0 Å². The second kappa shape index (κ2) is 5.62. The van der Waals surface area contributed by atoms with Crippen molar-refractivity contribution in [2.75, 3.05) is 0 Å². The average molecular weight is 408 g/mol. The third kappa shape index (κ3) is 2.29. The molecular formula is C22H12BrClO. The normalized spacial score (nSPS) is 11.6. The van der Waals surface area contributed by atoms with Gasteiger partial charge < -0.3 is 4.42 Å². The highest BCUT2D eigenvalue weighted by Crippen LogP contribution is 2.41. The Balaban J connectivity index is 1.95. The number of hydrogen-bond donors (Lipinski definition) is 0. The molecule has 0 fully saturated rings. The topological polar surface area (TPSA) is 13.1 Å². The third-order valence-electron chi connectivity index (χ3n) is 4.60. The van der Waals surface area contributed by atoms with Gasteiger partial charge in [-0.1, -0.05) is 70.0 Å². The lowest BCUT2D eigenvalue weighted by Gasteiger charge is -2.09. The van der Waals surface area contributed by atoms with Crippen LogP contribution < -0.4 is 0 Å². The maximum atomic E-state index is 6.17. The highest BCUT2D eigenvalue weighted by molar-refractivity contribution is 9.10. The summed E-state index contributed by atoms with van der Waals surface area (Å²) in [6.07, 6.45) is 0. The number of rotatable bonds is 1. The first-order valence-corrected chi connectivity index (χ1v) is 9.18. The van der Waals surface area contributed by atoms with Crippen molar-refractivity contribution in [3.8, 4) is 11.1 Å². The minimum Gasteiger partial charge on any atom is -0.456 e. The van der Waals surface area contributed by atoms with Gasteiger partial charge in [-0.2, -0.15) is 0 Å². The van der Waals surface area contributed by atoms with Crippen molar-refractivity contribution in [2.24, 2.45) is 0 Å². The fourth-order valence-corrected chi connectivity index (χ4v) is 4.27. The largest absolute Gasteiger partial charge is 0.456 e. The monoisotopic (exact) mass is 406 g/mol. The minimum absolute atomic E-state index is 0.749. The molecule has 4 aromatic carbocycles. The van der Waals surface area contributed by atoms with Crippen molar-refractivity contribution in [1.29, 1.82) is 0 Å². The van der Waals surface area contributed by atoms with Crippen LogP contribution in [-0.2, 0) is 0 Å². The SMILES string of the molecule is Clc1ccc2c(-c3cccc4oc5cccc(Br)c5c34)cccc2c1. The van der Waals surface area contributed by atoms with Gasteiger partial charge in [0.25, 0.3) is 0 Å². The molecule has 0 unspecified atom stereocenters. The molecule has 25 heavy (non-hydrogen) atoms. The van der Waals surface area contributed by atoms with Crippen LogP contribution in [0.3, 0.4) is 0 Å². The Morgan fingerprint density at radius 1 is 0.720 bits per heavy atom. The van der Waals surface area contributed by atoms with Gasteiger partial charge in [0, 0.05) is 20.3 Å². The van der Waals surface area contributed by atoms with Gasteiger partial charge in [0.15, 0.2) is 0 Å². The van der Waals surface area contributed by atoms with Crippen LogP contribution in [0.5, 0.6) is 0 Å². The highest BCUT2D eigenvalue weighted by Gasteiger charge is 2.15. The van der Waals surface area contributed by atoms with E-state index in [2.05, 4.69) is 52.3 Å². The van der Waals surface area contributed by atoms with E-state index in [4.69, 9.17) is 16.0 Å². The van der Waals surface area contributed by atoms with Crippen molar-refractivity contribution in [3.63, 3.8) is 0 Å². The van der Waals surface area contributed by atoms with Crippen molar-refractivity contribution < 1.29 is 4.42 Å². The fraction of sp³-hybridized carbons (Fsp3) is 0. The van der Waals surface area contributed by atoms with Crippen LogP contribution in [-0.4, -0.2) is 0 Å². The molecule has 5 aromatic rings. The van der Waals surface area contributed by atoms with Crippen LogP contribution >= 0.6 is 27.5 Å². The predicted octanol–water partition coefficient (Wildman–Crippen LogP) is 7.82. The van der Waals surface area contributed by atoms with Gasteiger partial charge >= 0.3 is 0 Å². The molecule has 0 atom stereocenters. The maximum Gasteiger partial charge on any atom is 0.136 e. The van der Waals surface area contributed by atoms with Gasteiger partial charge in [-0.25, -0.2) is 0 Å². The molecular weight excluding hydrogens is 396 g/mol. The number of fused-ring (bicyclic) bond motifs is 4. The summed E-state index contributed by atoms with van der Waals surface area (Å²) in [5.41, 5.74) is 4.12. The first kappa shape index (κ1) is 15.0. The molecule has 0 spiro atoms. The quantitative estimate of drug-likeness (QED) is 0.276. The van der Waals surface area contributed by atoms with E-state index in [0.29, 0.717) is 0 Å². The molecule has 3 heteroatoms. The Kier molecular flexibility index (Phi) is 3.37. The van der Waals surface area contributed by atoms with Crippen LogP contribution in [0.1, 0.15) is 0 Å². The Labute approximate surface area is 157 Å². The van der Waals surface area contributed by atoms with Gasteiger partial charge in [-0.3, -0.25) is 0 Å². The molecule has 5 rings (SSSR count). The Morgan fingerprint density at radius 2 is 1.44 bits per heavy atom. The van der Waals surface area contributed by atoms with Crippen LogP contribution in [0.15, 0.2) is 81.7 Å². The van der Waals surface area contributed by atoms with E-state index < -0.39 is 0 Å². The van der Waals surface area contributed by atoms with Crippen LogP contribution in [0.25, 0.3) is 43.8 Å². The summed E-state index contributed by atoms with van der Waals surface area (Å²) in [4.78, 5) is 0. The summed E-state index contributed by atoms with van der Waals surface area (Å²) in [6.45, 7) is 0. The highest BCUT2D eigenvalue weighted by atomic mass is 79.9. The number of hydrogen-bond acceptors (Lipinski definition) is 1. The molecule has 0 bridgehead atoms. The lowest BCUT2D eigenvalue weighted by Crippen LogP contribution is -1.83. The summed E-state index contributed by atoms with van der Waals surface area (Å²) in [5.74, 6) is 0. The summed E-state index contributed by atoms with van der Waals surface area (Å²) in [7, 11) is 0. The number of furan rings is 1. The molecule has 0 aliphatic rings. The summed E-state index contributed by atoms with van der Waals surface area (Å²) >= 11 is 9.86. The zero-order chi connectivity index (χ0) is 17.0. The molecule has 1 heterocycles. The van der Waals surface area contributed by atoms with E-state index in [1.54, 1.807) is 0 Å². The first-order chi connectivity index (χ1) is 12.2. The van der Waals surface area contributed by atoms with Crippen LogP contribution in [0.2, 0.25) is 5.02 Å². The Bertz CT molecular complexity index is 1270. The van der Waals surface area contributed by atoms with Gasteiger partial charge in [0.05, 0.1) is 0 Å². The van der Waals surface area contributed by atoms with Gasteiger partial charge in [-0.15, -0.1) is 0 Å². The molecule has 0 radical (unpaired) electrons. The van der Waals surface area contributed by atoms with E-state index in [-0.39, 0.29) is 0 Å². The summed E-state index contributed by atoms with van der Waals surface area (Å²) < 4.78 is 7.12. The molecule has 0 saturated heterocycles. The van der Waals surface area contributed by atoms with Crippen molar-refractivity contribution >= 4 is 60.2 Å². The Morgan fingerprint density at radius 3 is 2.32 bits per heavy atom. The average Bonchev–Trinajstić information content (AvgIpc) is 3.01. The fourth-order valence-electron chi connectivity index (χ4n) is 3.54. The van der Waals surface area contributed by atoms with Crippen molar-refractivity contribution in [2.45, 2.75) is 0 Å². The van der Waals surface area contributed by atoms with Crippen LogP contribution in [0.4, 0.5) is 0 Å². The molecule has 0 aliphatic heterocycles. The van der Waals surface area contributed by atoms with Gasteiger partial charge in [-0.05, 0) is 52.2 Å². The molecule has 0 saturated carbocycles. The first-order valence-electron chi connectivity index (χ1n) is 8.01. The molecule has 1 aromatic heterocycles. The number of benzene rings is 4. The lowest BCUT2D eigenvalue weighted by molar-refractivity contribution is 0.669. The van der Waals surface area contributed by atoms with Crippen LogP contribution in [0, 0.1) is 0 Å². The standard InChI is InChI=1S/C22H12BrClO/c23-18-7-3-9-20-22(18)21-17(6-2-8-19(21)25-20)16-5-1-4-13-12-14(24)10-11-15(13)16/h1-12H. The molecule has 0 aliphatic carbocycles. The number of halogens is 2. The summed E-state index contributed by atoms with van der Waals surface area (Å²) in [6, 6.07) is 24.6.